The lowest BCUT2D eigenvalue weighted by Gasteiger charge is -2.32. The smallest absolute Gasteiger partial charge is 0.326 e. The molecule has 2 aromatic carbocycles. The van der Waals surface area contributed by atoms with Gasteiger partial charge in [-0.1, -0.05) is 49.0 Å². The number of rotatable bonds is 6. The molecule has 9 heteroatoms. The van der Waals surface area contributed by atoms with Gasteiger partial charge >= 0.3 is 5.69 Å². The number of carbonyl (C=O) groups excluding carboxylic acids is 1. The average Bonchev–Trinajstić information content (AvgIpc) is 3.46. The van der Waals surface area contributed by atoms with Crippen LogP contribution in [0.15, 0.2) is 64.8 Å². The maximum absolute atomic E-state index is 12.9. The molecule has 1 N–H and O–H groups in total. The molecular formula is C24H26N6O2S. The topological polar surface area (TPSA) is 88.8 Å². The van der Waals surface area contributed by atoms with Crippen LogP contribution in [0.4, 0.5) is 0 Å². The largest absolute Gasteiger partial charge is 0.342 e. The first-order valence-electron chi connectivity index (χ1n) is 11.2. The number of aromatic amines is 1. The van der Waals surface area contributed by atoms with Crippen LogP contribution in [-0.2, 0) is 11.2 Å². The molecule has 0 atom stereocenters. The minimum atomic E-state index is -0.0803. The van der Waals surface area contributed by atoms with Crippen LogP contribution < -0.4 is 5.69 Å². The molecule has 3 heterocycles. The molecule has 1 aliphatic rings. The molecule has 0 saturated carbocycles. The third-order valence-electron chi connectivity index (χ3n) is 6.28. The Bertz CT molecular complexity index is 1330. The number of nitrogens with one attached hydrogen (secondary N) is 1. The Morgan fingerprint density at radius 1 is 1.12 bits per heavy atom. The van der Waals surface area contributed by atoms with Crippen molar-refractivity contribution in [1.29, 1.82) is 0 Å². The molecule has 0 aliphatic carbocycles. The van der Waals surface area contributed by atoms with Gasteiger partial charge in [-0.3, -0.25) is 13.9 Å². The van der Waals surface area contributed by atoms with Crippen molar-refractivity contribution in [3.63, 3.8) is 0 Å². The normalized spacial score (nSPS) is 14.8. The Labute approximate surface area is 195 Å². The van der Waals surface area contributed by atoms with E-state index in [9.17, 15) is 9.59 Å². The molecule has 1 saturated heterocycles. The molecule has 1 fully saturated rings. The molecule has 0 radical (unpaired) electrons. The second kappa shape index (κ2) is 9.27. The van der Waals surface area contributed by atoms with Crippen LogP contribution in [-0.4, -0.2) is 54.0 Å². The van der Waals surface area contributed by atoms with E-state index in [-0.39, 0.29) is 17.6 Å². The number of hydrogen-bond acceptors (Lipinski definition) is 5. The van der Waals surface area contributed by atoms with Gasteiger partial charge in [-0.15, -0.1) is 10.2 Å². The van der Waals surface area contributed by atoms with Crippen LogP contribution in [0.5, 0.6) is 0 Å². The first kappa shape index (κ1) is 21.5. The molecule has 33 heavy (non-hydrogen) atoms. The number of likely N-dealkylation sites (tertiary alicyclic amines) is 1. The number of para-hydroxylation sites is 3. The molecule has 2 aromatic heterocycles. The molecule has 4 aromatic rings. The summed E-state index contributed by atoms with van der Waals surface area (Å²) in [4.78, 5) is 30.2. The van der Waals surface area contributed by atoms with Crippen molar-refractivity contribution < 1.29 is 4.79 Å². The zero-order valence-corrected chi connectivity index (χ0v) is 19.3. The Kier molecular flexibility index (Phi) is 6.04. The van der Waals surface area contributed by atoms with Gasteiger partial charge in [0.1, 0.15) is 6.33 Å². The van der Waals surface area contributed by atoms with E-state index in [1.807, 2.05) is 56.5 Å². The fraction of sp³-hybridized carbons (Fsp3) is 0.333. The van der Waals surface area contributed by atoms with Gasteiger partial charge in [0.25, 0.3) is 0 Å². The summed E-state index contributed by atoms with van der Waals surface area (Å²) in [7, 11) is 0. The molecule has 5 rings (SSSR count). The van der Waals surface area contributed by atoms with E-state index in [2.05, 4.69) is 28.2 Å². The molecule has 0 bridgehead atoms. The number of imidazole rings is 1. The van der Waals surface area contributed by atoms with E-state index in [1.165, 1.54) is 17.3 Å². The molecule has 170 valence electrons. The lowest BCUT2D eigenvalue weighted by molar-refractivity contribution is -0.129. The highest BCUT2D eigenvalue weighted by Crippen LogP contribution is 2.27. The fourth-order valence-electron chi connectivity index (χ4n) is 4.56. The number of H-pyrrole nitrogens is 1. The van der Waals surface area contributed by atoms with Crippen molar-refractivity contribution in [2.24, 2.45) is 0 Å². The number of fused-ring (bicyclic) bond motifs is 1. The van der Waals surface area contributed by atoms with Gasteiger partial charge in [0, 0.05) is 19.1 Å². The lowest BCUT2D eigenvalue weighted by Crippen LogP contribution is -2.41. The van der Waals surface area contributed by atoms with Gasteiger partial charge < -0.3 is 9.88 Å². The first-order chi connectivity index (χ1) is 16.2. The number of carbonyl (C=O) groups is 1. The van der Waals surface area contributed by atoms with Gasteiger partial charge in [0.15, 0.2) is 5.16 Å². The summed E-state index contributed by atoms with van der Waals surface area (Å²) < 4.78 is 3.80. The third-order valence-corrected chi connectivity index (χ3v) is 7.21. The monoisotopic (exact) mass is 462 g/mol. The predicted molar refractivity (Wildman–Crippen MR) is 129 cm³/mol. The summed E-state index contributed by atoms with van der Waals surface area (Å²) in [6.07, 6.45) is 4.13. The molecular weight excluding hydrogens is 436 g/mol. The number of benzene rings is 2. The predicted octanol–water partition coefficient (Wildman–Crippen LogP) is 3.43. The van der Waals surface area contributed by atoms with Crippen molar-refractivity contribution in [2.75, 3.05) is 18.8 Å². The highest BCUT2D eigenvalue weighted by molar-refractivity contribution is 7.99. The standard InChI is InChI=1S/C24H26N6O2S/c1-2-17-7-3-5-9-20(17)29-16-25-27-24(29)33-15-22(31)28-13-11-18(12-14-28)30-21-10-6-4-8-19(21)26-23(30)32/h3-10,16,18H,2,11-15H2,1H3,(H,26,32). The van der Waals surface area contributed by atoms with Crippen LogP contribution in [0.3, 0.4) is 0 Å². The van der Waals surface area contributed by atoms with Gasteiger partial charge in [0.05, 0.1) is 22.5 Å². The maximum atomic E-state index is 12.9. The SMILES string of the molecule is CCc1ccccc1-n1cnnc1SCC(=O)N1CCC(n2c(=O)[nH]c3ccccc32)CC1. The van der Waals surface area contributed by atoms with Crippen molar-refractivity contribution in [3.8, 4) is 5.69 Å². The van der Waals surface area contributed by atoms with E-state index >= 15 is 0 Å². The Balaban J connectivity index is 1.22. The van der Waals surface area contributed by atoms with Crippen molar-refractivity contribution >= 4 is 28.7 Å². The fourth-order valence-corrected chi connectivity index (χ4v) is 5.39. The summed E-state index contributed by atoms with van der Waals surface area (Å²) in [6.45, 7) is 3.40. The van der Waals surface area contributed by atoms with Crippen LogP contribution in [0.2, 0.25) is 0 Å². The van der Waals surface area contributed by atoms with Gasteiger partial charge in [-0.05, 0) is 43.0 Å². The number of aromatic nitrogens is 5. The molecule has 0 unspecified atom stereocenters. The van der Waals surface area contributed by atoms with Gasteiger partial charge in [-0.2, -0.15) is 0 Å². The zero-order valence-electron chi connectivity index (χ0n) is 18.5. The summed E-state index contributed by atoms with van der Waals surface area (Å²) in [5.41, 5.74) is 3.95. The van der Waals surface area contributed by atoms with Gasteiger partial charge in [-0.25, -0.2) is 4.79 Å². The molecule has 1 amide bonds. The van der Waals surface area contributed by atoms with Crippen molar-refractivity contribution in [1.82, 2.24) is 29.2 Å². The number of aryl methyl sites for hydroxylation is 1. The van der Waals surface area contributed by atoms with Gasteiger partial charge in [0.2, 0.25) is 5.91 Å². The summed E-state index contributed by atoms with van der Waals surface area (Å²) in [5.74, 6) is 0.396. The number of hydrogen-bond donors (Lipinski definition) is 1. The number of amides is 1. The van der Waals surface area contributed by atoms with E-state index in [1.54, 1.807) is 6.33 Å². The third kappa shape index (κ3) is 4.20. The van der Waals surface area contributed by atoms with E-state index < -0.39 is 0 Å². The zero-order chi connectivity index (χ0) is 22.8. The van der Waals surface area contributed by atoms with Crippen LogP contribution in [0, 0.1) is 0 Å². The second-order valence-corrected chi connectivity index (χ2v) is 9.13. The lowest BCUT2D eigenvalue weighted by atomic mass is 10.0. The van der Waals surface area contributed by atoms with E-state index in [0.717, 1.165) is 36.0 Å². The average molecular weight is 463 g/mol. The highest BCUT2D eigenvalue weighted by atomic mass is 32.2. The van der Waals surface area contributed by atoms with Crippen molar-refractivity contribution in [2.45, 2.75) is 37.4 Å². The van der Waals surface area contributed by atoms with Crippen molar-refractivity contribution in [3.05, 3.63) is 70.9 Å². The number of nitrogens with zero attached hydrogens (tertiary/aromatic N) is 5. The minimum Gasteiger partial charge on any atom is -0.342 e. The van der Waals surface area contributed by atoms with E-state index in [0.29, 0.717) is 24.0 Å². The van der Waals surface area contributed by atoms with Crippen LogP contribution in [0.1, 0.15) is 31.4 Å². The second-order valence-electron chi connectivity index (χ2n) is 8.18. The number of piperidine rings is 1. The number of thioether (sulfide) groups is 1. The molecule has 1 aliphatic heterocycles. The van der Waals surface area contributed by atoms with Crippen LogP contribution >= 0.6 is 11.8 Å². The minimum absolute atomic E-state index is 0.0803. The Morgan fingerprint density at radius 3 is 2.70 bits per heavy atom. The first-order valence-corrected chi connectivity index (χ1v) is 12.2. The maximum Gasteiger partial charge on any atom is 0.326 e. The highest BCUT2D eigenvalue weighted by Gasteiger charge is 2.26. The molecule has 0 spiro atoms. The summed E-state index contributed by atoms with van der Waals surface area (Å²) >= 11 is 1.41. The molecule has 8 nitrogen and oxygen atoms in total. The van der Waals surface area contributed by atoms with E-state index in [4.69, 9.17) is 0 Å². The summed E-state index contributed by atoms with van der Waals surface area (Å²) in [6, 6.07) is 16.0. The summed E-state index contributed by atoms with van der Waals surface area (Å²) in [5, 5.41) is 9.01. The Morgan fingerprint density at radius 2 is 1.88 bits per heavy atom. The van der Waals surface area contributed by atoms with Crippen LogP contribution in [0.25, 0.3) is 16.7 Å². The Hall–Kier alpha value is -3.33. The quantitative estimate of drug-likeness (QED) is 0.444.